The van der Waals surface area contributed by atoms with Gasteiger partial charge in [0, 0.05) is 13.0 Å². The van der Waals surface area contributed by atoms with Crippen LogP contribution in [0, 0.1) is 17.2 Å². The van der Waals surface area contributed by atoms with Gasteiger partial charge in [0.1, 0.15) is 0 Å². The van der Waals surface area contributed by atoms with Crippen molar-refractivity contribution in [1.29, 1.82) is 5.26 Å². The molecule has 1 heterocycles. The lowest BCUT2D eigenvalue weighted by molar-refractivity contribution is -0.0689. The van der Waals surface area contributed by atoms with Crippen molar-refractivity contribution in [3.05, 3.63) is 0 Å². The summed E-state index contributed by atoms with van der Waals surface area (Å²) in [4.78, 5) is 1.50. The quantitative estimate of drug-likeness (QED) is 0.530. The summed E-state index contributed by atoms with van der Waals surface area (Å²) in [5.74, 6) is -3.18. The number of piperidine rings is 1. The first-order valence-electron chi connectivity index (χ1n) is 3.49. The molecule has 0 aromatic rings. The number of nitrogens with zero attached hydrogens (tertiary/aromatic N) is 2. The maximum absolute atomic E-state index is 12.7. The standard InChI is InChI=1S/C7H10F2N2/c1-11-4-6(3-10)2-7(8,9)5-11/h6H,2,4-5H2,1H3/t6-/m0/s1. The highest BCUT2D eigenvalue weighted by atomic mass is 19.3. The summed E-state index contributed by atoms with van der Waals surface area (Å²) in [6, 6.07) is 1.87. The van der Waals surface area contributed by atoms with Gasteiger partial charge in [-0.05, 0) is 7.05 Å². The minimum Gasteiger partial charge on any atom is -0.299 e. The summed E-state index contributed by atoms with van der Waals surface area (Å²) in [6.45, 7) is 0.247. The molecule has 0 aliphatic carbocycles. The van der Waals surface area contributed by atoms with E-state index in [1.165, 1.54) is 4.90 Å². The molecule has 0 aromatic carbocycles. The van der Waals surface area contributed by atoms with E-state index < -0.39 is 11.8 Å². The van der Waals surface area contributed by atoms with Gasteiger partial charge in [-0.25, -0.2) is 8.78 Å². The van der Waals surface area contributed by atoms with Crippen LogP contribution < -0.4 is 0 Å². The molecule has 0 amide bonds. The molecule has 2 nitrogen and oxygen atoms in total. The molecular formula is C7H10F2N2. The Labute approximate surface area is 64.4 Å². The fourth-order valence-electron chi connectivity index (χ4n) is 1.41. The zero-order chi connectivity index (χ0) is 8.48. The van der Waals surface area contributed by atoms with Gasteiger partial charge in [0.05, 0.1) is 18.5 Å². The predicted molar refractivity (Wildman–Crippen MR) is 36.2 cm³/mol. The van der Waals surface area contributed by atoms with Crippen LogP contribution in [0.5, 0.6) is 0 Å². The van der Waals surface area contributed by atoms with Crippen molar-refractivity contribution in [3.63, 3.8) is 0 Å². The number of rotatable bonds is 0. The van der Waals surface area contributed by atoms with Crippen LogP contribution in [0.25, 0.3) is 0 Å². The SMILES string of the molecule is CN1C[C@H](C#N)CC(F)(F)C1. The van der Waals surface area contributed by atoms with Crippen molar-refractivity contribution in [2.24, 2.45) is 5.92 Å². The molecule has 1 aliphatic heterocycles. The summed E-state index contributed by atoms with van der Waals surface area (Å²) in [6.07, 6.45) is -0.284. The summed E-state index contributed by atoms with van der Waals surface area (Å²) in [5, 5.41) is 8.43. The van der Waals surface area contributed by atoms with Crippen LogP contribution >= 0.6 is 0 Å². The largest absolute Gasteiger partial charge is 0.299 e. The van der Waals surface area contributed by atoms with E-state index in [9.17, 15) is 8.78 Å². The highest BCUT2D eigenvalue weighted by Crippen LogP contribution is 2.28. The third kappa shape index (κ3) is 2.12. The molecule has 62 valence electrons. The van der Waals surface area contributed by atoms with Gasteiger partial charge in [0.2, 0.25) is 0 Å². The second-order valence-electron chi connectivity index (χ2n) is 3.08. The van der Waals surface area contributed by atoms with E-state index in [-0.39, 0.29) is 13.0 Å². The number of nitriles is 1. The van der Waals surface area contributed by atoms with Gasteiger partial charge in [0.15, 0.2) is 0 Å². The smallest absolute Gasteiger partial charge is 0.261 e. The Bertz CT molecular complexity index is 185. The minimum atomic E-state index is -2.67. The molecule has 0 bridgehead atoms. The summed E-state index contributed by atoms with van der Waals surface area (Å²) in [7, 11) is 1.61. The van der Waals surface area contributed by atoms with Crippen LogP contribution in [0.1, 0.15) is 6.42 Å². The molecule has 11 heavy (non-hydrogen) atoms. The van der Waals surface area contributed by atoms with E-state index >= 15 is 0 Å². The molecular weight excluding hydrogens is 150 g/mol. The second-order valence-corrected chi connectivity index (χ2v) is 3.08. The fraction of sp³-hybridized carbons (Fsp3) is 0.857. The maximum atomic E-state index is 12.7. The predicted octanol–water partition coefficient (Wildman–Crippen LogP) is 1.10. The lowest BCUT2D eigenvalue weighted by Crippen LogP contribution is -2.44. The molecule has 0 saturated carbocycles. The van der Waals surface area contributed by atoms with Gasteiger partial charge >= 0.3 is 0 Å². The lowest BCUT2D eigenvalue weighted by Gasteiger charge is -2.32. The van der Waals surface area contributed by atoms with Crippen LogP contribution in [0.15, 0.2) is 0 Å². The topological polar surface area (TPSA) is 27.0 Å². The summed E-state index contributed by atoms with van der Waals surface area (Å²) < 4.78 is 25.4. The Morgan fingerprint density at radius 3 is 2.73 bits per heavy atom. The van der Waals surface area contributed by atoms with E-state index in [1.807, 2.05) is 6.07 Å². The third-order valence-corrected chi connectivity index (χ3v) is 1.76. The number of alkyl halides is 2. The van der Waals surface area contributed by atoms with Crippen LogP contribution in [0.4, 0.5) is 8.78 Å². The van der Waals surface area contributed by atoms with Crippen molar-refractivity contribution in [2.75, 3.05) is 20.1 Å². The van der Waals surface area contributed by atoms with Gasteiger partial charge in [-0.2, -0.15) is 5.26 Å². The summed E-state index contributed by atoms with van der Waals surface area (Å²) >= 11 is 0. The van der Waals surface area contributed by atoms with E-state index in [0.717, 1.165) is 0 Å². The van der Waals surface area contributed by atoms with Crippen LogP contribution in [0.3, 0.4) is 0 Å². The van der Waals surface area contributed by atoms with Crippen molar-refractivity contribution >= 4 is 0 Å². The van der Waals surface area contributed by atoms with Crippen LogP contribution in [-0.4, -0.2) is 31.0 Å². The highest BCUT2D eigenvalue weighted by Gasteiger charge is 2.38. The van der Waals surface area contributed by atoms with E-state index in [0.29, 0.717) is 6.54 Å². The molecule has 0 aromatic heterocycles. The second kappa shape index (κ2) is 2.74. The van der Waals surface area contributed by atoms with Crippen LogP contribution in [-0.2, 0) is 0 Å². The monoisotopic (exact) mass is 160 g/mol. The van der Waals surface area contributed by atoms with E-state index in [1.54, 1.807) is 7.05 Å². The Balaban J connectivity index is 2.60. The molecule has 0 spiro atoms. The van der Waals surface area contributed by atoms with Gasteiger partial charge in [-0.15, -0.1) is 0 Å². The molecule has 1 atom stereocenters. The van der Waals surface area contributed by atoms with Crippen molar-refractivity contribution in [3.8, 4) is 6.07 Å². The zero-order valence-electron chi connectivity index (χ0n) is 6.35. The molecule has 4 heteroatoms. The number of halogens is 2. The Morgan fingerprint density at radius 2 is 2.27 bits per heavy atom. The molecule has 1 saturated heterocycles. The van der Waals surface area contributed by atoms with Gasteiger partial charge < -0.3 is 0 Å². The van der Waals surface area contributed by atoms with Crippen LogP contribution in [0.2, 0.25) is 0 Å². The normalized spacial score (nSPS) is 31.3. The fourth-order valence-corrected chi connectivity index (χ4v) is 1.41. The van der Waals surface area contributed by atoms with Gasteiger partial charge in [-0.1, -0.05) is 0 Å². The van der Waals surface area contributed by atoms with Crippen molar-refractivity contribution < 1.29 is 8.78 Å². The molecule has 0 N–H and O–H groups in total. The first kappa shape index (κ1) is 8.41. The van der Waals surface area contributed by atoms with E-state index in [4.69, 9.17) is 5.26 Å². The third-order valence-electron chi connectivity index (χ3n) is 1.76. The minimum absolute atomic E-state index is 0.217. The molecule has 1 aliphatic rings. The summed E-state index contributed by atoms with van der Waals surface area (Å²) in [5.41, 5.74) is 0. The Morgan fingerprint density at radius 1 is 1.64 bits per heavy atom. The lowest BCUT2D eigenvalue weighted by atomic mass is 9.97. The maximum Gasteiger partial charge on any atom is 0.261 e. The van der Waals surface area contributed by atoms with Gasteiger partial charge in [-0.3, -0.25) is 4.90 Å². The first-order chi connectivity index (χ1) is 5.03. The number of hydrogen-bond acceptors (Lipinski definition) is 2. The Kier molecular flexibility index (Phi) is 2.10. The van der Waals surface area contributed by atoms with Crippen molar-refractivity contribution in [1.82, 2.24) is 4.90 Å². The highest BCUT2D eigenvalue weighted by molar-refractivity contribution is 4.93. The van der Waals surface area contributed by atoms with Crippen molar-refractivity contribution in [2.45, 2.75) is 12.3 Å². The molecule has 0 radical (unpaired) electrons. The Hall–Kier alpha value is -0.690. The zero-order valence-corrected chi connectivity index (χ0v) is 6.35. The average Bonchev–Trinajstić information content (AvgIpc) is 1.83. The number of likely N-dealkylation sites (tertiary alicyclic amines) is 1. The first-order valence-corrected chi connectivity index (χ1v) is 3.49. The molecule has 0 unspecified atom stereocenters. The number of hydrogen-bond donors (Lipinski definition) is 0. The average molecular weight is 160 g/mol. The van der Waals surface area contributed by atoms with E-state index in [2.05, 4.69) is 0 Å². The van der Waals surface area contributed by atoms with Gasteiger partial charge in [0.25, 0.3) is 5.92 Å². The molecule has 1 rings (SSSR count). The molecule has 1 fully saturated rings.